The summed E-state index contributed by atoms with van der Waals surface area (Å²) in [5.74, 6) is 0. The van der Waals surface area contributed by atoms with Gasteiger partial charge in [-0.1, -0.05) is 18.2 Å². The van der Waals surface area contributed by atoms with Crippen LogP contribution < -0.4 is 5.73 Å². The quantitative estimate of drug-likeness (QED) is 0.812. The lowest BCUT2D eigenvalue weighted by atomic mass is 9.77. The third kappa shape index (κ3) is 4.00. The lowest BCUT2D eigenvalue weighted by molar-refractivity contribution is 0.00578. The molecule has 2 rings (SSSR count). The third-order valence-electron chi connectivity index (χ3n) is 4.95. The number of nitrogens with two attached hydrogens (primary N) is 1. The van der Waals surface area contributed by atoms with E-state index in [4.69, 9.17) is 15.0 Å². The minimum absolute atomic E-state index is 0.262. The number of sulfone groups is 1. The van der Waals surface area contributed by atoms with Crippen molar-refractivity contribution < 1.29 is 17.7 Å². The molecule has 1 saturated heterocycles. The molecule has 25 heavy (non-hydrogen) atoms. The molecule has 0 aliphatic carbocycles. The van der Waals surface area contributed by atoms with Gasteiger partial charge in [0.1, 0.15) is 0 Å². The fourth-order valence-electron chi connectivity index (χ4n) is 2.49. The molecule has 1 aromatic rings. The van der Waals surface area contributed by atoms with Crippen molar-refractivity contribution >= 4 is 23.0 Å². The fraction of sp³-hybridized carbons (Fsp3) is 0.556. The van der Waals surface area contributed by atoms with Gasteiger partial charge in [-0.05, 0) is 64.7 Å². The van der Waals surface area contributed by atoms with Crippen LogP contribution in [0.3, 0.4) is 0 Å². The van der Waals surface area contributed by atoms with Crippen LogP contribution in [-0.4, -0.2) is 38.5 Å². The predicted molar refractivity (Wildman–Crippen MR) is 102 cm³/mol. The zero-order valence-corrected chi connectivity index (χ0v) is 16.7. The highest BCUT2D eigenvalue weighted by Crippen LogP contribution is 2.38. The van der Waals surface area contributed by atoms with Crippen molar-refractivity contribution in [2.24, 2.45) is 5.73 Å². The summed E-state index contributed by atoms with van der Waals surface area (Å²) < 4.78 is 36.8. The van der Waals surface area contributed by atoms with Crippen molar-refractivity contribution in [3.8, 4) is 0 Å². The minimum atomic E-state index is -3.32. The summed E-state index contributed by atoms with van der Waals surface area (Å²) in [4.78, 5) is 0.307. The Morgan fingerprint density at radius 2 is 1.76 bits per heavy atom. The van der Waals surface area contributed by atoms with Crippen LogP contribution in [0.5, 0.6) is 0 Å². The lowest BCUT2D eigenvalue weighted by Crippen LogP contribution is -2.41. The Morgan fingerprint density at radius 1 is 1.20 bits per heavy atom. The van der Waals surface area contributed by atoms with Crippen LogP contribution in [0.25, 0.3) is 6.08 Å². The number of benzene rings is 1. The van der Waals surface area contributed by atoms with Crippen LogP contribution in [0.1, 0.15) is 47.1 Å². The van der Waals surface area contributed by atoms with E-state index in [-0.39, 0.29) is 6.54 Å². The summed E-state index contributed by atoms with van der Waals surface area (Å²) in [5, 5.41) is -0.469. The van der Waals surface area contributed by atoms with Crippen molar-refractivity contribution in [2.75, 3.05) is 6.54 Å². The molecule has 0 saturated carbocycles. The van der Waals surface area contributed by atoms with E-state index in [1.54, 1.807) is 32.0 Å². The average Bonchev–Trinajstić information content (AvgIpc) is 2.73. The highest BCUT2D eigenvalue weighted by atomic mass is 32.2. The molecule has 7 heteroatoms. The van der Waals surface area contributed by atoms with Gasteiger partial charge < -0.3 is 15.0 Å². The number of hydrogen-bond acceptors (Lipinski definition) is 5. The molecule has 0 bridgehead atoms. The van der Waals surface area contributed by atoms with Crippen LogP contribution in [0.15, 0.2) is 34.6 Å². The Bertz CT molecular complexity index is 753. The van der Waals surface area contributed by atoms with E-state index in [0.29, 0.717) is 4.90 Å². The van der Waals surface area contributed by atoms with E-state index in [2.05, 4.69) is 0 Å². The molecule has 1 aliphatic heterocycles. The van der Waals surface area contributed by atoms with Gasteiger partial charge in [-0.3, -0.25) is 0 Å². The Balaban J connectivity index is 2.36. The molecule has 0 radical (unpaired) electrons. The first kappa shape index (κ1) is 20.2. The van der Waals surface area contributed by atoms with Gasteiger partial charge in [0.25, 0.3) is 0 Å². The smallest absolute Gasteiger partial charge is 0.400 e. The maximum absolute atomic E-state index is 12.4. The van der Waals surface area contributed by atoms with Gasteiger partial charge in [-0.15, -0.1) is 0 Å². The molecule has 0 aromatic heterocycles. The second-order valence-corrected chi connectivity index (χ2v) is 10.2. The Morgan fingerprint density at radius 3 is 2.24 bits per heavy atom. The molecule has 1 aromatic carbocycles. The Labute approximate surface area is 151 Å². The van der Waals surface area contributed by atoms with E-state index in [0.717, 1.165) is 11.0 Å². The zero-order chi connectivity index (χ0) is 19.0. The molecule has 0 spiro atoms. The Kier molecular flexibility index (Phi) is 5.54. The molecule has 5 nitrogen and oxygen atoms in total. The number of rotatable bonds is 5. The second kappa shape index (κ2) is 6.87. The molecule has 1 fully saturated rings. The van der Waals surface area contributed by atoms with Crippen LogP contribution >= 0.6 is 0 Å². The summed E-state index contributed by atoms with van der Waals surface area (Å²) >= 11 is 0. The molecule has 0 unspecified atom stereocenters. The van der Waals surface area contributed by atoms with Gasteiger partial charge in [-0.2, -0.15) is 0 Å². The van der Waals surface area contributed by atoms with Crippen LogP contribution in [0, 0.1) is 0 Å². The largest absolute Gasteiger partial charge is 0.491 e. The van der Waals surface area contributed by atoms with Crippen LogP contribution in [0.4, 0.5) is 0 Å². The molecule has 138 valence electrons. The van der Waals surface area contributed by atoms with E-state index in [1.165, 1.54) is 0 Å². The van der Waals surface area contributed by atoms with E-state index >= 15 is 0 Å². The average molecular weight is 365 g/mol. The van der Waals surface area contributed by atoms with Crippen LogP contribution in [0.2, 0.25) is 0 Å². The standard InChI is InChI=1S/C18H28BNO4S/c1-13(2)25(21,22)16-9-7-8-14(11-16)10-15(12-20)19-23-17(3,4)18(5,6)24-19/h7-11,13H,12,20H2,1-6H3. The highest BCUT2D eigenvalue weighted by Gasteiger charge is 2.52. The normalized spacial score (nSPS) is 20.3. The van der Waals surface area contributed by atoms with Crippen molar-refractivity contribution in [3.05, 3.63) is 35.3 Å². The maximum atomic E-state index is 12.4. The molecular formula is C18H28BNO4S. The topological polar surface area (TPSA) is 78.6 Å². The summed E-state index contributed by atoms with van der Waals surface area (Å²) in [6, 6.07) is 6.86. The van der Waals surface area contributed by atoms with Gasteiger partial charge in [0.15, 0.2) is 9.84 Å². The van der Waals surface area contributed by atoms with Gasteiger partial charge >= 0.3 is 7.12 Å². The monoisotopic (exact) mass is 365 g/mol. The minimum Gasteiger partial charge on any atom is -0.400 e. The fourth-order valence-corrected chi connectivity index (χ4v) is 3.60. The van der Waals surface area contributed by atoms with Crippen molar-refractivity contribution in [2.45, 2.75) is 62.9 Å². The third-order valence-corrected chi connectivity index (χ3v) is 7.10. The molecule has 0 atom stereocenters. The highest BCUT2D eigenvalue weighted by molar-refractivity contribution is 7.92. The van der Waals surface area contributed by atoms with Crippen molar-refractivity contribution in [3.63, 3.8) is 0 Å². The summed E-state index contributed by atoms with van der Waals surface area (Å²) in [6.07, 6.45) is 1.85. The van der Waals surface area contributed by atoms with Gasteiger partial charge in [0, 0.05) is 6.54 Å². The molecular weight excluding hydrogens is 337 g/mol. The molecule has 1 aliphatic rings. The van der Waals surface area contributed by atoms with Gasteiger partial charge in [0.05, 0.1) is 21.3 Å². The van der Waals surface area contributed by atoms with Crippen LogP contribution in [-0.2, 0) is 19.1 Å². The molecule has 0 amide bonds. The van der Waals surface area contributed by atoms with E-state index in [1.807, 2.05) is 39.8 Å². The Hall–Kier alpha value is -1.15. The first-order chi connectivity index (χ1) is 11.4. The van der Waals surface area contributed by atoms with Gasteiger partial charge in [0.2, 0.25) is 0 Å². The molecule has 2 N–H and O–H groups in total. The first-order valence-corrected chi connectivity index (χ1v) is 10.1. The van der Waals surface area contributed by atoms with E-state index < -0.39 is 33.4 Å². The summed E-state index contributed by atoms with van der Waals surface area (Å²) in [7, 11) is -3.86. The predicted octanol–water partition coefficient (Wildman–Crippen LogP) is 2.84. The zero-order valence-electron chi connectivity index (χ0n) is 15.9. The lowest BCUT2D eigenvalue weighted by Gasteiger charge is -2.32. The van der Waals surface area contributed by atoms with Gasteiger partial charge in [-0.25, -0.2) is 8.42 Å². The maximum Gasteiger partial charge on any atom is 0.491 e. The first-order valence-electron chi connectivity index (χ1n) is 8.51. The van der Waals surface area contributed by atoms with Crippen molar-refractivity contribution in [1.29, 1.82) is 0 Å². The van der Waals surface area contributed by atoms with Crippen molar-refractivity contribution in [1.82, 2.24) is 0 Å². The summed E-state index contributed by atoms with van der Waals surface area (Å²) in [5.41, 5.74) is 6.54. The summed E-state index contributed by atoms with van der Waals surface area (Å²) in [6.45, 7) is 11.5. The number of hydrogen-bond donors (Lipinski definition) is 1. The van der Waals surface area contributed by atoms with E-state index in [9.17, 15) is 8.42 Å². The SMILES string of the molecule is CC(C)S(=O)(=O)c1cccc(C=C(CN)B2OC(C)(C)C(C)(C)O2)c1. The second-order valence-electron chi connectivity index (χ2n) is 7.68. The molecule has 1 heterocycles.